The molecule has 0 saturated carbocycles. The smallest absolute Gasteiger partial charge is 0.0456 e. The van der Waals surface area contributed by atoms with Crippen LogP contribution in [0.3, 0.4) is 0 Å². The second-order valence-corrected chi connectivity index (χ2v) is 4.91. The van der Waals surface area contributed by atoms with Crippen molar-refractivity contribution in [3.63, 3.8) is 0 Å². The molecule has 1 saturated heterocycles. The van der Waals surface area contributed by atoms with E-state index in [0.29, 0.717) is 0 Å². The number of aromatic nitrogens is 1. The van der Waals surface area contributed by atoms with Gasteiger partial charge in [-0.2, -0.15) is 0 Å². The fourth-order valence-electron chi connectivity index (χ4n) is 2.51. The van der Waals surface area contributed by atoms with Crippen molar-refractivity contribution < 1.29 is 0 Å². The van der Waals surface area contributed by atoms with Crippen LogP contribution in [0.2, 0.25) is 0 Å². The lowest BCUT2D eigenvalue weighted by molar-refractivity contribution is 0.231. The lowest BCUT2D eigenvalue weighted by atomic mass is 10.2. The highest BCUT2D eigenvalue weighted by molar-refractivity contribution is 5.81. The maximum absolute atomic E-state index is 3.51. The molecule has 1 aliphatic rings. The van der Waals surface area contributed by atoms with Crippen molar-refractivity contribution in [2.24, 2.45) is 0 Å². The molecular weight excluding hydrogens is 210 g/mol. The zero-order valence-electron chi connectivity index (χ0n) is 10.3. The third kappa shape index (κ3) is 2.35. The van der Waals surface area contributed by atoms with E-state index in [1.54, 1.807) is 0 Å². The third-order valence-corrected chi connectivity index (χ3v) is 3.44. The predicted octanol–water partition coefficient (Wildman–Crippen LogP) is 1.88. The number of hydrogen-bond donors (Lipinski definition) is 2. The Morgan fingerprint density at radius 3 is 2.82 bits per heavy atom. The molecule has 0 bridgehead atoms. The van der Waals surface area contributed by atoms with Crippen LogP contribution in [-0.2, 0) is 6.54 Å². The van der Waals surface area contributed by atoms with Crippen LogP contribution < -0.4 is 5.32 Å². The zero-order chi connectivity index (χ0) is 11.7. The van der Waals surface area contributed by atoms with Crippen molar-refractivity contribution >= 4 is 10.9 Å². The molecule has 2 N–H and O–H groups in total. The molecular formula is C14H19N3. The van der Waals surface area contributed by atoms with E-state index in [1.807, 2.05) is 0 Å². The van der Waals surface area contributed by atoms with Gasteiger partial charge in [0.1, 0.15) is 0 Å². The van der Waals surface area contributed by atoms with E-state index in [-0.39, 0.29) is 0 Å². The minimum Gasteiger partial charge on any atom is -0.357 e. The van der Waals surface area contributed by atoms with Gasteiger partial charge >= 0.3 is 0 Å². The number of fused-ring (bicyclic) bond motifs is 1. The Hall–Kier alpha value is -1.32. The van der Waals surface area contributed by atoms with Gasteiger partial charge in [0.05, 0.1) is 0 Å². The lowest BCUT2D eigenvalue weighted by Crippen LogP contribution is -2.42. The van der Waals surface area contributed by atoms with Crippen LogP contribution in [0.15, 0.2) is 24.3 Å². The van der Waals surface area contributed by atoms with Crippen molar-refractivity contribution in [1.82, 2.24) is 15.2 Å². The van der Waals surface area contributed by atoms with Gasteiger partial charge in [0.25, 0.3) is 0 Å². The normalized spacial score (nSPS) is 17.7. The average molecular weight is 229 g/mol. The maximum Gasteiger partial charge on any atom is 0.0456 e. The molecule has 1 fully saturated rings. The molecule has 17 heavy (non-hydrogen) atoms. The monoisotopic (exact) mass is 229 g/mol. The van der Waals surface area contributed by atoms with Crippen molar-refractivity contribution in [3.8, 4) is 0 Å². The van der Waals surface area contributed by atoms with Crippen LogP contribution in [0, 0.1) is 6.92 Å². The van der Waals surface area contributed by atoms with Gasteiger partial charge in [-0.3, -0.25) is 4.90 Å². The third-order valence-electron chi connectivity index (χ3n) is 3.44. The number of aryl methyl sites for hydroxylation is 1. The number of piperazine rings is 1. The summed E-state index contributed by atoms with van der Waals surface area (Å²) >= 11 is 0. The maximum atomic E-state index is 3.51. The minimum atomic E-state index is 1.04. The van der Waals surface area contributed by atoms with Crippen molar-refractivity contribution in [1.29, 1.82) is 0 Å². The second-order valence-electron chi connectivity index (χ2n) is 4.91. The van der Waals surface area contributed by atoms with Crippen LogP contribution in [0.4, 0.5) is 0 Å². The van der Waals surface area contributed by atoms with Gasteiger partial charge in [0.2, 0.25) is 0 Å². The number of nitrogens with zero attached hydrogens (tertiary/aromatic N) is 1. The number of nitrogens with one attached hydrogen (secondary N) is 2. The molecule has 90 valence electrons. The Morgan fingerprint density at radius 1 is 1.18 bits per heavy atom. The van der Waals surface area contributed by atoms with E-state index in [1.165, 1.54) is 22.2 Å². The van der Waals surface area contributed by atoms with Gasteiger partial charge in [-0.25, -0.2) is 0 Å². The number of aromatic amines is 1. The van der Waals surface area contributed by atoms with E-state index in [0.717, 1.165) is 32.7 Å². The van der Waals surface area contributed by atoms with Crippen molar-refractivity contribution in [2.75, 3.05) is 26.2 Å². The van der Waals surface area contributed by atoms with Crippen LogP contribution in [0.5, 0.6) is 0 Å². The van der Waals surface area contributed by atoms with Crippen LogP contribution in [0.1, 0.15) is 11.3 Å². The van der Waals surface area contributed by atoms with Crippen LogP contribution >= 0.6 is 0 Å². The summed E-state index contributed by atoms with van der Waals surface area (Å²) in [4.78, 5) is 6.00. The van der Waals surface area contributed by atoms with Gasteiger partial charge in [-0.1, -0.05) is 11.6 Å². The highest BCUT2D eigenvalue weighted by Gasteiger charge is 2.11. The summed E-state index contributed by atoms with van der Waals surface area (Å²) in [6.07, 6.45) is 0. The van der Waals surface area contributed by atoms with E-state index >= 15 is 0 Å². The first-order valence-corrected chi connectivity index (χ1v) is 6.32. The molecule has 0 atom stereocenters. The van der Waals surface area contributed by atoms with Crippen LogP contribution in [-0.4, -0.2) is 36.1 Å². The Labute approximate surface area is 102 Å². The topological polar surface area (TPSA) is 31.1 Å². The SMILES string of the molecule is Cc1ccc2[nH]c(CN3CCNCC3)cc2c1. The van der Waals surface area contributed by atoms with Crippen LogP contribution in [0.25, 0.3) is 10.9 Å². The van der Waals surface area contributed by atoms with E-state index in [9.17, 15) is 0 Å². The van der Waals surface area contributed by atoms with E-state index < -0.39 is 0 Å². The number of rotatable bonds is 2. The largest absolute Gasteiger partial charge is 0.357 e. The van der Waals surface area contributed by atoms with Gasteiger partial charge in [-0.05, 0) is 30.5 Å². The lowest BCUT2D eigenvalue weighted by Gasteiger charge is -2.26. The first-order chi connectivity index (χ1) is 8.31. The molecule has 3 heteroatoms. The Balaban J connectivity index is 1.80. The fraction of sp³-hybridized carbons (Fsp3) is 0.429. The van der Waals surface area contributed by atoms with E-state index in [2.05, 4.69) is 46.4 Å². The molecule has 1 aliphatic heterocycles. The molecule has 0 spiro atoms. The quantitative estimate of drug-likeness (QED) is 0.824. The highest BCUT2D eigenvalue weighted by atomic mass is 15.2. The molecule has 0 amide bonds. The Bertz CT molecular complexity index is 509. The standard InChI is InChI=1S/C14H19N3/c1-11-2-3-14-12(8-11)9-13(16-14)10-17-6-4-15-5-7-17/h2-3,8-9,15-16H,4-7,10H2,1H3. The molecule has 1 aromatic heterocycles. The Kier molecular flexibility index (Phi) is 2.87. The summed E-state index contributed by atoms with van der Waals surface area (Å²) in [6.45, 7) is 7.69. The van der Waals surface area contributed by atoms with Gasteiger partial charge < -0.3 is 10.3 Å². The number of benzene rings is 1. The minimum absolute atomic E-state index is 1.04. The molecule has 0 aliphatic carbocycles. The highest BCUT2D eigenvalue weighted by Crippen LogP contribution is 2.18. The summed E-state index contributed by atoms with van der Waals surface area (Å²) < 4.78 is 0. The van der Waals surface area contributed by atoms with Crippen molar-refractivity contribution in [2.45, 2.75) is 13.5 Å². The Morgan fingerprint density at radius 2 is 2.00 bits per heavy atom. The second kappa shape index (κ2) is 4.51. The van der Waals surface area contributed by atoms with E-state index in [4.69, 9.17) is 0 Å². The first kappa shape index (κ1) is 10.8. The van der Waals surface area contributed by atoms with Crippen molar-refractivity contribution in [3.05, 3.63) is 35.5 Å². The summed E-state index contributed by atoms with van der Waals surface area (Å²) in [6, 6.07) is 8.86. The number of H-pyrrole nitrogens is 1. The summed E-state index contributed by atoms with van der Waals surface area (Å²) in [5.74, 6) is 0. The zero-order valence-corrected chi connectivity index (χ0v) is 10.3. The predicted molar refractivity (Wildman–Crippen MR) is 71.2 cm³/mol. The summed E-state index contributed by atoms with van der Waals surface area (Å²) in [7, 11) is 0. The molecule has 3 nitrogen and oxygen atoms in total. The number of hydrogen-bond acceptors (Lipinski definition) is 2. The molecule has 3 rings (SSSR count). The molecule has 0 radical (unpaired) electrons. The average Bonchev–Trinajstić information content (AvgIpc) is 2.71. The summed E-state index contributed by atoms with van der Waals surface area (Å²) in [5.41, 5.74) is 3.90. The molecule has 0 unspecified atom stereocenters. The summed E-state index contributed by atoms with van der Waals surface area (Å²) in [5, 5.41) is 4.71. The first-order valence-electron chi connectivity index (χ1n) is 6.32. The van der Waals surface area contributed by atoms with Gasteiger partial charge in [0.15, 0.2) is 0 Å². The molecule has 1 aromatic carbocycles. The van der Waals surface area contributed by atoms with Gasteiger partial charge in [0, 0.05) is 43.9 Å². The molecule has 2 aromatic rings. The van der Waals surface area contributed by atoms with Gasteiger partial charge in [-0.15, -0.1) is 0 Å². The molecule has 2 heterocycles. The fourth-order valence-corrected chi connectivity index (χ4v) is 2.51.